The Kier molecular flexibility index (Phi) is 5.74. The first-order chi connectivity index (χ1) is 9.66. The largest absolute Gasteiger partial charge is 0.399 e. The minimum absolute atomic E-state index is 0.0338. The van der Waals surface area contributed by atoms with Crippen LogP contribution in [0.3, 0.4) is 0 Å². The average Bonchev–Trinajstić information content (AvgIpc) is 2.33. The molecule has 0 fully saturated rings. The number of nitrogens with zero attached hydrogens (tertiary/aromatic N) is 1. The SMILES string of the molecule is CCN(CC(=O)NC(C)C)S(=O)(=O)c1cc(C)cc(N)c1. The third kappa shape index (κ3) is 4.71. The topological polar surface area (TPSA) is 92.5 Å². The van der Waals surface area contributed by atoms with Crippen LogP contribution < -0.4 is 11.1 Å². The molecule has 0 atom stereocenters. The zero-order chi connectivity index (χ0) is 16.2. The first-order valence-electron chi connectivity index (χ1n) is 6.83. The van der Waals surface area contributed by atoms with Crippen molar-refractivity contribution >= 4 is 21.6 Å². The van der Waals surface area contributed by atoms with E-state index in [0.717, 1.165) is 9.87 Å². The standard InChI is InChI=1S/C14H23N3O3S/c1-5-17(9-14(18)16-10(2)3)21(19,20)13-7-11(4)6-12(15)8-13/h6-8,10H,5,9,15H2,1-4H3,(H,16,18). The Balaban J connectivity index is 3.05. The number of anilines is 1. The van der Waals surface area contributed by atoms with Gasteiger partial charge in [-0.15, -0.1) is 0 Å². The lowest BCUT2D eigenvalue weighted by atomic mass is 10.2. The molecule has 1 rings (SSSR count). The summed E-state index contributed by atoms with van der Waals surface area (Å²) in [7, 11) is -3.73. The van der Waals surface area contributed by atoms with Crippen LogP contribution in [-0.4, -0.2) is 37.8 Å². The maximum Gasteiger partial charge on any atom is 0.243 e. The fourth-order valence-electron chi connectivity index (χ4n) is 1.97. The van der Waals surface area contributed by atoms with Crippen LogP contribution in [0.25, 0.3) is 0 Å². The van der Waals surface area contributed by atoms with Gasteiger partial charge in [-0.2, -0.15) is 4.31 Å². The third-order valence-corrected chi connectivity index (χ3v) is 4.73. The van der Waals surface area contributed by atoms with Crippen molar-refractivity contribution in [1.29, 1.82) is 0 Å². The van der Waals surface area contributed by atoms with Gasteiger partial charge < -0.3 is 11.1 Å². The van der Waals surface area contributed by atoms with Gasteiger partial charge in [0.05, 0.1) is 11.4 Å². The van der Waals surface area contributed by atoms with Gasteiger partial charge in [0.25, 0.3) is 0 Å². The fraction of sp³-hybridized carbons (Fsp3) is 0.500. The Morgan fingerprint density at radius 3 is 2.43 bits per heavy atom. The molecule has 0 radical (unpaired) electrons. The van der Waals surface area contributed by atoms with Gasteiger partial charge in [0.15, 0.2) is 0 Å². The number of hydrogen-bond donors (Lipinski definition) is 2. The lowest BCUT2D eigenvalue weighted by molar-refractivity contribution is -0.121. The molecule has 1 aromatic carbocycles. The molecule has 0 aromatic heterocycles. The van der Waals surface area contributed by atoms with E-state index >= 15 is 0 Å². The fourth-order valence-corrected chi connectivity index (χ4v) is 3.51. The molecule has 21 heavy (non-hydrogen) atoms. The Morgan fingerprint density at radius 1 is 1.33 bits per heavy atom. The maximum absolute atomic E-state index is 12.6. The van der Waals surface area contributed by atoms with Gasteiger partial charge in [-0.1, -0.05) is 6.92 Å². The van der Waals surface area contributed by atoms with Crippen molar-refractivity contribution in [3.05, 3.63) is 23.8 Å². The summed E-state index contributed by atoms with van der Waals surface area (Å²) < 4.78 is 26.3. The van der Waals surface area contributed by atoms with Crippen molar-refractivity contribution in [3.8, 4) is 0 Å². The highest BCUT2D eigenvalue weighted by atomic mass is 32.2. The first kappa shape index (κ1) is 17.5. The molecular weight excluding hydrogens is 290 g/mol. The number of carbonyl (C=O) groups excluding carboxylic acids is 1. The molecule has 0 aliphatic rings. The normalized spacial score (nSPS) is 11.9. The van der Waals surface area contributed by atoms with Crippen LogP contribution in [0.1, 0.15) is 26.3 Å². The second-order valence-electron chi connectivity index (χ2n) is 5.23. The molecule has 0 saturated carbocycles. The monoisotopic (exact) mass is 313 g/mol. The summed E-state index contributed by atoms with van der Waals surface area (Å²) in [6.07, 6.45) is 0. The minimum Gasteiger partial charge on any atom is -0.399 e. The van der Waals surface area contributed by atoms with Crippen molar-refractivity contribution < 1.29 is 13.2 Å². The summed E-state index contributed by atoms with van der Waals surface area (Å²) in [5.41, 5.74) is 6.85. The van der Waals surface area contributed by atoms with E-state index in [1.165, 1.54) is 6.07 Å². The van der Waals surface area contributed by atoms with Gasteiger partial charge in [-0.05, 0) is 44.5 Å². The lowest BCUT2D eigenvalue weighted by Crippen LogP contribution is -2.42. The molecule has 0 aliphatic carbocycles. The molecular formula is C14H23N3O3S. The summed E-state index contributed by atoms with van der Waals surface area (Å²) in [5, 5.41) is 2.68. The van der Waals surface area contributed by atoms with E-state index in [9.17, 15) is 13.2 Å². The number of carbonyl (C=O) groups is 1. The Morgan fingerprint density at radius 2 is 1.95 bits per heavy atom. The highest BCUT2D eigenvalue weighted by Gasteiger charge is 2.25. The molecule has 3 N–H and O–H groups in total. The van der Waals surface area contributed by atoms with Crippen LogP contribution in [0.5, 0.6) is 0 Å². The summed E-state index contributed by atoms with van der Waals surface area (Å²) in [6.45, 7) is 7.12. The molecule has 0 bridgehead atoms. The van der Waals surface area contributed by atoms with Crippen LogP contribution >= 0.6 is 0 Å². The summed E-state index contributed by atoms with van der Waals surface area (Å²) >= 11 is 0. The zero-order valence-corrected chi connectivity index (χ0v) is 13.7. The number of nitrogens with one attached hydrogen (secondary N) is 1. The van der Waals surface area contributed by atoms with Crippen LogP contribution in [-0.2, 0) is 14.8 Å². The first-order valence-corrected chi connectivity index (χ1v) is 8.27. The smallest absolute Gasteiger partial charge is 0.243 e. The van der Waals surface area contributed by atoms with Crippen LogP contribution in [0.15, 0.2) is 23.1 Å². The number of aryl methyl sites for hydroxylation is 1. The van der Waals surface area contributed by atoms with Crippen molar-refractivity contribution in [3.63, 3.8) is 0 Å². The van der Waals surface area contributed by atoms with E-state index in [1.54, 1.807) is 26.0 Å². The Hall–Kier alpha value is -1.60. The molecule has 0 unspecified atom stereocenters. The van der Waals surface area contributed by atoms with Gasteiger partial charge in [0.1, 0.15) is 0 Å². The molecule has 118 valence electrons. The number of sulfonamides is 1. The van der Waals surface area contributed by atoms with Gasteiger partial charge in [0, 0.05) is 18.3 Å². The quantitative estimate of drug-likeness (QED) is 0.770. The second kappa shape index (κ2) is 6.91. The van der Waals surface area contributed by atoms with Crippen LogP contribution in [0.2, 0.25) is 0 Å². The van der Waals surface area contributed by atoms with Crippen molar-refractivity contribution in [2.45, 2.75) is 38.6 Å². The molecule has 1 aromatic rings. The van der Waals surface area contributed by atoms with Gasteiger partial charge in [0.2, 0.25) is 15.9 Å². The molecule has 1 amide bonds. The predicted octanol–water partition coefficient (Wildman–Crippen LogP) is 1.11. The molecule has 0 saturated heterocycles. The van der Waals surface area contributed by atoms with Gasteiger partial charge >= 0.3 is 0 Å². The molecule has 0 aliphatic heterocycles. The number of hydrogen-bond acceptors (Lipinski definition) is 4. The zero-order valence-electron chi connectivity index (χ0n) is 12.9. The van der Waals surface area contributed by atoms with E-state index in [1.807, 2.05) is 13.8 Å². The summed E-state index contributed by atoms with van der Waals surface area (Å²) in [6, 6.07) is 4.62. The lowest BCUT2D eigenvalue weighted by Gasteiger charge is -2.21. The highest BCUT2D eigenvalue weighted by molar-refractivity contribution is 7.89. The Labute approximate surface area is 126 Å². The van der Waals surface area contributed by atoms with Crippen molar-refractivity contribution in [2.75, 3.05) is 18.8 Å². The van der Waals surface area contributed by atoms with E-state index < -0.39 is 10.0 Å². The highest BCUT2D eigenvalue weighted by Crippen LogP contribution is 2.20. The Bertz CT molecular complexity index is 592. The molecule has 6 nitrogen and oxygen atoms in total. The van der Waals surface area contributed by atoms with E-state index in [0.29, 0.717) is 5.69 Å². The van der Waals surface area contributed by atoms with Crippen LogP contribution in [0, 0.1) is 6.92 Å². The average molecular weight is 313 g/mol. The maximum atomic E-state index is 12.6. The molecule has 0 heterocycles. The number of amides is 1. The number of nitrogens with two attached hydrogens (primary N) is 1. The van der Waals surface area contributed by atoms with Gasteiger partial charge in [-0.3, -0.25) is 4.79 Å². The van der Waals surface area contributed by atoms with E-state index in [4.69, 9.17) is 5.73 Å². The van der Waals surface area contributed by atoms with E-state index in [-0.39, 0.29) is 29.9 Å². The number of benzene rings is 1. The van der Waals surface area contributed by atoms with E-state index in [2.05, 4.69) is 5.32 Å². The van der Waals surface area contributed by atoms with Crippen LogP contribution in [0.4, 0.5) is 5.69 Å². The number of rotatable bonds is 6. The number of nitrogen functional groups attached to an aromatic ring is 1. The minimum atomic E-state index is -3.73. The molecule has 7 heteroatoms. The second-order valence-corrected chi connectivity index (χ2v) is 7.17. The molecule has 0 spiro atoms. The number of likely N-dealkylation sites (N-methyl/N-ethyl adjacent to an activating group) is 1. The van der Waals surface area contributed by atoms with Crippen molar-refractivity contribution in [1.82, 2.24) is 9.62 Å². The summed E-state index contributed by atoms with van der Waals surface area (Å²) in [5.74, 6) is -0.323. The predicted molar refractivity (Wildman–Crippen MR) is 83.3 cm³/mol. The van der Waals surface area contributed by atoms with Gasteiger partial charge in [-0.25, -0.2) is 8.42 Å². The third-order valence-electron chi connectivity index (χ3n) is 2.83. The van der Waals surface area contributed by atoms with Crippen molar-refractivity contribution in [2.24, 2.45) is 0 Å². The summed E-state index contributed by atoms with van der Waals surface area (Å²) in [4.78, 5) is 11.9.